The maximum absolute atomic E-state index is 12.8. The van der Waals surface area contributed by atoms with Gasteiger partial charge in [0.1, 0.15) is 17.3 Å². The number of rotatable bonds is 3. The molecule has 10 heteroatoms. The molecule has 3 heterocycles. The van der Waals surface area contributed by atoms with Crippen molar-refractivity contribution in [3.8, 4) is 5.69 Å². The minimum absolute atomic E-state index is 0.183. The molecule has 2 aromatic carbocycles. The topological polar surface area (TPSA) is 112 Å². The van der Waals surface area contributed by atoms with E-state index in [1.54, 1.807) is 48.5 Å². The lowest BCUT2D eigenvalue weighted by atomic mass is 10.2. The van der Waals surface area contributed by atoms with E-state index in [-0.39, 0.29) is 22.2 Å². The lowest BCUT2D eigenvalue weighted by molar-refractivity contribution is 0.0981. The van der Waals surface area contributed by atoms with Gasteiger partial charge in [0.05, 0.1) is 17.3 Å². The Morgan fingerprint density at radius 1 is 1.03 bits per heavy atom. The Kier molecular flexibility index (Phi) is 4.37. The lowest BCUT2D eigenvalue weighted by Gasteiger charge is -2.08. The van der Waals surface area contributed by atoms with E-state index in [9.17, 15) is 14.4 Å². The van der Waals surface area contributed by atoms with E-state index in [2.05, 4.69) is 15.5 Å². The normalized spacial score (nSPS) is 11.1. The molecule has 1 amide bonds. The molecule has 0 fully saturated rings. The molecule has 0 saturated heterocycles. The van der Waals surface area contributed by atoms with Crippen molar-refractivity contribution in [2.45, 2.75) is 0 Å². The minimum atomic E-state index is -0.770. The molecule has 0 spiro atoms. The first kappa shape index (κ1) is 18.8. The first-order valence-corrected chi connectivity index (χ1v) is 9.44. The highest BCUT2D eigenvalue weighted by molar-refractivity contribution is 6.30. The van der Waals surface area contributed by atoms with Crippen molar-refractivity contribution in [3.63, 3.8) is 0 Å². The van der Waals surface area contributed by atoms with Crippen LogP contribution < -0.4 is 16.4 Å². The molecule has 5 rings (SSSR count). The molecular formula is C21H12ClN5O4. The fourth-order valence-corrected chi connectivity index (χ4v) is 3.35. The molecule has 0 aliphatic heterocycles. The molecule has 0 bridgehead atoms. The Bertz CT molecular complexity index is 1600. The van der Waals surface area contributed by atoms with Gasteiger partial charge in [-0.1, -0.05) is 29.8 Å². The number of nitrogens with one attached hydrogen (secondary N) is 1. The van der Waals surface area contributed by atoms with Gasteiger partial charge in [-0.25, -0.2) is 14.3 Å². The van der Waals surface area contributed by atoms with Gasteiger partial charge in [0.2, 0.25) is 0 Å². The molecule has 0 saturated carbocycles. The number of hydrogen-bond donors (Lipinski definition) is 1. The van der Waals surface area contributed by atoms with E-state index in [0.29, 0.717) is 21.7 Å². The maximum Gasteiger partial charge on any atom is 0.306 e. The average Bonchev–Trinajstić information content (AvgIpc) is 3.20. The van der Waals surface area contributed by atoms with Crippen molar-refractivity contribution in [2.75, 3.05) is 5.43 Å². The number of amides is 1. The van der Waals surface area contributed by atoms with Crippen LogP contribution in [0.4, 0.5) is 0 Å². The number of carbonyl (C=O) groups is 1. The Morgan fingerprint density at radius 3 is 2.71 bits per heavy atom. The molecule has 1 N–H and O–H groups in total. The molecule has 3 aromatic heterocycles. The molecule has 152 valence electrons. The first-order chi connectivity index (χ1) is 15.0. The van der Waals surface area contributed by atoms with Crippen LogP contribution in [0.3, 0.4) is 0 Å². The van der Waals surface area contributed by atoms with Gasteiger partial charge in [0.15, 0.2) is 16.8 Å². The number of carbonyl (C=O) groups excluding carboxylic acids is 1. The molecule has 9 nitrogen and oxygen atoms in total. The van der Waals surface area contributed by atoms with Crippen molar-refractivity contribution in [1.82, 2.24) is 19.4 Å². The van der Waals surface area contributed by atoms with E-state index in [0.717, 1.165) is 17.1 Å². The van der Waals surface area contributed by atoms with Crippen LogP contribution in [-0.4, -0.2) is 25.3 Å². The summed E-state index contributed by atoms with van der Waals surface area (Å²) in [7, 11) is 0. The summed E-state index contributed by atoms with van der Waals surface area (Å²) in [6.45, 7) is 0. The van der Waals surface area contributed by atoms with E-state index in [1.807, 2.05) is 0 Å². The summed E-state index contributed by atoms with van der Waals surface area (Å²) in [6.07, 6.45) is 2.51. The first-order valence-electron chi connectivity index (χ1n) is 9.07. The number of para-hydroxylation sites is 1. The van der Waals surface area contributed by atoms with Crippen molar-refractivity contribution >= 4 is 39.5 Å². The molecule has 0 aliphatic carbocycles. The third-order valence-electron chi connectivity index (χ3n) is 4.62. The van der Waals surface area contributed by atoms with Crippen LogP contribution in [0.25, 0.3) is 27.7 Å². The van der Waals surface area contributed by atoms with Crippen LogP contribution >= 0.6 is 11.6 Å². The zero-order chi connectivity index (χ0) is 21.5. The van der Waals surface area contributed by atoms with E-state index >= 15 is 0 Å². The van der Waals surface area contributed by atoms with Gasteiger partial charge in [-0.05, 0) is 30.3 Å². The monoisotopic (exact) mass is 433 g/mol. The van der Waals surface area contributed by atoms with Gasteiger partial charge in [-0.3, -0.25) is 19.8 Å². The van der Waals surface area contributed by atoms with Crippen molar-refractivity contribution in [3.05, 3.63) is 98.5 Å². The third-order valence-corrected chi connectivity index (χ3v) is 4.86. The molecule has 0 atom stereocenters. The van der Waals surface area contributed by atoms with Gasteiger partial charge in [0, 0.05) is 11.1 Å². The standard InChI is InChI=1S/C21H12ClN5O4/c22-12-4-3-5-13(8-12)27-19-15(10-24-27)21(30)26(11-23-19)25-20(29)18-9-16(28)14-6-1-2-7-17(14)31-18/h1-11H,(H,25,29). The average molecular weight is 434 g/mol. The summed E-state index contributed by atoms with van der Waals surface area (Å²) in [4.78, 5) is 41.9. The van der Waals surface area contributed by atoms with Crippen molar-refractivity contribution < 1.29 is 9.21 Å². The number of aromatic nitrogens is 4. The summed E-state index contributed by atoms with van der Waals surface area (Å²) in [6, 6.07) is 14.6. The van der Waals surface area contributed by atoms with Crippen LogP contribution in [0.15, 0.2) is 81.1 Å². The summed E-state index contributed by atoms with van der Waals surface area (Å²) < 4.78 is 7.88. The number of benzene rings is 2. The van der Waals surface area contributed by atoms with Gasteiger partial charge in [0.25, 0.3) is 5.56 Å². The number of hydrogen-bond acceptors (Lipinski definition) is 6. The van der Waals surface area contributed by atoms with Gasteiger partial charge >= 0.3 is 5.91 Å². The highest BCUT2D eigenvalue weighted by Crippen LogP contribution is 2.17. The summed E-state index contributed by atoms with van der Waals surface area (Å²) >= 11 is 6.03. The second-order valence-electron chi connectivity index (χ2n) is 6.61. The zero-order valence-electron chi connectivity index (χ0n) is 15.7. The van der Waals surface area contributed by atoms with E-state index in [1.165, 1.54) is 10.9 Å². The minimum Gasteiger partial charge on any atom is -0.451 e. The number of nitrogens with zero attached hydrogens (tertiary/aromatic N) is 4. The Balaban J connectivity index is 1.51. The summed E-state index contributed by atoms with van der Waals surface area (Å²) in [5.41, 5.74) is 2.67. The van der Waals surface area contributed by atoms with Crippen molar-refractivity contribution in [1.29, 1.82) is 0 Å². The molecule has 5 aromatic rings. The van der Waals surface area contributed by atoms with Crippen LogP contribution in [0.2, 0.25) is 5.02 Å². The SMILES string of the molecule is O=C(Nn1cnc2c(cnn2-c2cccc(Cl)c2)c1=O)c1cc(=O)c2ccccc2o1. The summed E-state index contributed by atoms with van der Waals surface area (Å²) in [5.74, 6) is -1.00. The van der Waals surface area contributed by atoms with Crippen molar-refractivity contribution in [2.24, 2.45) is 0 Å². The molecule has 0 unspecified atom stereocenters. The molecule has 0 radical (unpaired) electrons. The maximum atomic E-state index is 12.8. The van der Waals surface area contributed by atoms with Gasteiger partial charge in [-0.2, -0.15) is 5.10 Å². The Hall–Kier alpha value is -4.24. The highest BCUT2D eigenvalue weighted by atomic mass is 35.5. The van der Waals surface area contributed by atoms with Crippen LogP contribution in [0, 0.1) is 0 Å². The Labute approximate surface area is 178 Å². The van der Waals surface area contributed by atoms with E-state index in [4.69, 9.17) is 16.0 Å². The van der Waals surface area contributed by atoms with Crippen LogP contribution in [-0.2, 0) is 0 Å². The van der Waals surface area contributed by atoms with Gasteiger partial charge in [-0.15, -0.1) is 0 Å². The molecule has 31 heavy (non-hydrogen) atoms. The fourth-order valence-electron chi connectivity index (χ4n) is 3.17. The van der Waals surface area contributed by atoms with Crippen LogP contribution in [0.1, 0.15) is 10.6 Å². The smallest absolute Gasteiger partial charge is 0.306 e. The largest absolute Gasteiger partial charge is 0.451 e. The molecule has 0 aliphatic rings. The predicted octanol–water partition coefficient (Wildman–Crippen LogP) is 2.73. The fraction of sp³-hybridized carbons (Fsp3) is 0. The lowest BCUT2D eigenvalue weighted by Crippen LogP contribution is -2.33. The third kappa shape index (κ3) is 3.26. The van der Waals surface area contributed by atoms with Crippen LogP contribution in [0.5, 0.6) is 0 Å². The number of halogens is 1. The zero-order valence-corrected chi connectivity index (χ0v) is 16.4. The summed E-state index contributed by atoms with van der Waals surface area (Å²) in [5, 5.41) is 5.25. The highest BCUT2D eigenvalue weighted by Gasteiger charge is 2.16. The second-order valence-corrected chi connectivity index (χ2v) is 7.04. The Morgan fingerprint density at radius 2 is 1.87 bits per heavy atom. The molecular weight excluding hydrogens is 422 g/mol. The number of fused-ring (bicyclic) bond motifs is 2. The second kappa shape index (κ2) is 7.22. The van der Waals surface area contributed by atoms with E-state index < -0.39 is 11.5 Å². The quantitative estimate of drug-likeness (QED) is 0.468. The predicted molar refractivity (Wildman–Crippen MR) is 114 cm³/mol. The van der Waals surface area contributed by atoms with Gasteiger partial charge < -0.3 is 4.42 Å².